The van der Waals surface area contributed by atoms with Crippen molar-refractivity contribution in [3.63, 3.8) is 0 Å². The van der Waals surface area contributed by atoms with E-state index in [4.69, 9.17) is 15.5 Å². The van der Waals surface area contributed by atoms with Crippen LogP contribution in [0.5, 0.6) is 0 Å². The van der Waals surface area contributed by atoms with Crippen LogP contribution in [0.2, 0.25) is 0 Å². The van der Waals surface area contributed by atoms with Crippen LogP contribution in [-0.4, -0.2) is 16.2 Å². The van der Waals surface area contributed by atoms with Gasteiger partial charge >= 0.3 is 5.97 Å². The molecule has 2 N–H and O–H groups in total. The topological polar surface area (TPSA) is 81.3 Å². The lowest BCUT2D eigenvalue weighted by molar-refractivity contribution is 0.0691. The van der Waals surface area contributed by atoms with E-state index in [2.05, 4.69) is 0 Å². The van der Waals surface area contributed by atoms with Crippen LogP contribution in [0.3, 0.4) is 0 Å². The predicted molar refractivity (Wildman–Crippen MR) is 43.9 cm³/mol. The maximum Gasteiger partial charge on any atom is 0.336 e. The van der Waals surface area contributed by atoms with Gasteiger partial charge in [0.2, 0.25) is 0 Å². The zero-order chi connectivity index (χ0) is 10.7. The summed E-state index contributed by atoms with van der Waals surface area (Å²) in [5.74, 6) is -2.11. The number of aliphatic hydroxyl groups excluding tert-OH is 1. The normalized spacial score (nSPS) is 11.8. The number of carboxylic acids is 1. The van der Waals surface area contributed by atoms with E-state index in [1.807, 2.05) is 0 Å². The lowest BCUT2D eigenvalue weighted by atomic mass is 10.0. The first kappa shape index (κ1) is 10.2. The van der Waals surface area contributed by atoms with Crippen molar-refractivity contribution in [2.45, 2.75) is 6.10 Å². The first-order chi connectivity index (χ1) is 6.56. The highest BCUT2D eigenvalue weighted by atomic mass is 19.1. The van der Waals surface area contributed by atoms with Crippen molar-refractivity contribution < 1.29 is 19.4 Å². The summed E-state index contributed by atoms with van der Waals surface area (Å²) in [7, 11) is 0. The second-order valence-corrected chi connectivity index (χ2v) is 2.57. The van der Waals surface area contributed by atoms with E-state index in [1.54, 1.807) is 0 Å². The molecule has 0 aromatic heterocycles. The lowest BCUT2D eigenvalue weighted by Gasteiger charge is -2.06. The van der Waals surface area contributed by atoms with Crippen LogP contribution in [0.15, 0.2) is 18.2 Å². The molecule has 5 heteroatoms. The largest absolute Gasteiger partial charge is 0.478 e. The number of aromatic carboxylic acids is 1. The predicted octanol–water partition coefficient (Wildman–Crippen LogP) is 1.08. The molecule has 0 saturated heterocycles. The zero-order valence-corrected chi connectivity index (χ0v) is 6.94. The van der Waals surface area contributed by atoms with Gasteiger partial charge in [0.25, 0.3) is 0 Å². The summed E-state index contributed by atoms with van der Waals surface area (Å²) in [4.78, 5) is 10.6. The number of benzene rings is 1. The Morgan fingerprint density at radius 1 is 1.57 bits per heavy atom. The second kappa shape index (κ2) is 3.85. The molecule has 1 atom stereocenters. The number of carboxylic acid groups (broad SMARTS) is 1. The average Bonchev–Trinajstić information content (AvgIpc) is 2.16. The highest BCUT2D eigenvalue weighted by Gasteiger charge is 2.16. The molecule has 1 aromatic carbocycles. The van der Waals surface area contributed by atoms with Crippen molar-refractivity contribution >= 4 is 5.97 Å². The van der Waals surface area contributed by atoms with Crippen LogP contribution in [0, 0.1) is 17.1 Å². The first-order valence-corrected chi connectivity index (χ1v) is 3.66. The van der Waals surface area contributed by atoms with Gasteiger partial charge in [-0.2, -0.15) is 5.26 Å². The number of aliphatic hydroxyl groups is 1. The third kappa shape index (κ3) is 1.87. The Hall–Kier alpha value is -1.93. The fourth-order valence-corrected chi connectivity index (χ4v) is 1.02. The fourth-order valence-electron chi connectivity index (χ4n) is 1.02. The molecule has 72 valence electrons. The molecule has 0 amide bonds. The number of rotatable bonds is 2. The molecule has 4 nitrogen and oxygen atoms in total. The molecule has 0 aliphatic heterocycles. The molecule has 0 heterocycles. The number of nitriles is 1. The van der Waals surface area contributed by atoms with E-state index in [9.17, 15) is 9.18 Å². The van der Waals surface area contributed by atoms with Crippen LogP contribution in [-0.2, 0) is 0 Å². The SMILES string of the molecule is N#CC(O)c1ccc(F)cc1C(=O)O. The third-order valence-corrected chi connectivity index (χ3v) is 1.66. The van der Waals surface area contributed by atoms with E-state index < -0.39 is 23.5 Å². The molecule has 1 unspecified atom stereocenters. The Balaban J connectivity index is 3.30. The Labute approximate surface area is 78.8 Å². The van der Waals surface area contributed by atoms with Crippen molar-refractivity contribution in [1.29, 1.82) is 5.26 Å². The Morgan fingerprint density at radius 3 is 2.71 bits per heavy atom. The van der Waals surface area contributed by atoms with Gasteiger partial charge in [-0.15, -0.1) is 0 Å². The smallest absolute Gasteiger partial charge is 0.336 e. The molecule has 0 fully saturated rings. The molecular formula is C9H6FNO3. The van der Waals surface area contributed by atoms with E-state index in [1.165, 1.54) is 6.07 Å². The van der Waals surface area contributed by atoms with E-state index in [0.717, 1.165) is 18.2 Å². The lowest BCUT2D eigenvalue weighted by Crippen LogP contribution is -2.06. The van der Waals surface area contributed by atoms with Crippen LogP contribution in [0.4, 0.5) is 4.39 Å². The minimum atomic E-state index is -1.55. The summed E-state index contributed by atoms with van der Waals surface area (Å²) >= 11 is 0. The third-order valence-electron chi connectivity index (χ3n) is 1.66. The molecular weight excluding hydrogens is 189 g/mol. The summed E-state index contributed by atoms with van der Waals surface area (Å²) in [6.45, 7) is 0. The fraction of sp³-hybridized carbons (Fsp3) is 0.111. The number of hydrogen-bond donors (Lipinski definition) is 2. The summed E-state index contributed by atoms with van der Waals surface area (Å²) < 4.78 is 12.6. The maximum absolute atomic E-state index is 12.6. The quantitative estimate of drug-likeness (QED) is 0.692. The highest BCUT2D eigenvalue weighted by molar-refractivity contribution is 5.89. The van der Waals surface area contributed by atoms with Gasteiger partial charge in [-0.25, -0.2) is 9.18 Å². The molecule has 0 aliphatic rings. The Morgan fingerprint density at radius 2 is 2.21 bits per heavy atom. The van der Waals surface area contributed by atoms with Crippen molar-refractivity contribution in [2.24, 2.45) is 0 Å². The van der Waals surface area contributed by atoms with Gasteiger partial charge in [-0.1, -0.05) is 6.07 Å². The van der Waals surface area contributed by atoms with Crippen molar-refractivity contribution in [2.75, 3.05) is 0 Å². The molecule has 0 radical (unpaired) electrons. The van der Waals surface area contributed by atoms with Crippen LogP contribution >= 0.6 is 0 Å². The number of nitrogens with zero attached hydrogens (tertiary/aromatic N) is 1. The molecule has 0 spiro atoms. The molecule has 0 bridgehead atoms. The molecule has 1 rings (SSSR count). The van der Waals surface area contributed by atoms with Crippen LogP contribution < -0.4 is 0 Å². The Kier molecular flexibility index (Phi) is 2.79. The van der Waals surface area contributed by atoms with E-state index >= 15 is 0 Å². The van der Waals surface area contributed by atoms with Crippen molar-refractivity contribution in [3.8, 4) is 6.07 Å². The molecule has 1 aromatic rings. The van der Waals surface area contributed by atoms with E-state index in [-0.39, 0.29) is 5.56 Å². The summed E-state index contributed by atoms with van der Waals surface area (Å²) in [5.41, 5.74) is -0.513. The van der Waals surface area contributed by atoms with Crippen molar-refractivity contribution in [1.82, 2.24) is 0 Å². The highest BCUT2D eigenvalue weighted by Crippen LogP contribution is 2.18. The minimum Gasteiger partial charge on any atom is -0.478 e. The molecule has 14 heavy (non-hydrogen) atoms. The van der Waals surface area contributed by atoms with Crippen LogP contribution in [0.25, 0.3) is 0 Å². The van der Waals surface area contributed by atoms with Gasteiger partial charge in [0, 0.05) is 5.56 Å². The van der Waals surface area contributed by atoms with Crippen LogP contribution in [0.1, 0.15) is 22.0 Å². The first-order valence-electron chi connectivity index (χ1n) is 3.66. The maximum atomic E-state index is 12.6. The monoisotopic (exact) mass is 195 g/mol. The van der Waals surface area contributed by atoms with Gasteiger partial charge < -0.3 is 10.2 Å². The zero-order valence-electron chi connectivity index (χ0n) is 6.94. The number of halogens is 1. The molecule has 0 aliphatic carbocycles. The van der Waals surface area contributed by atoms with Gasteiger partial charge in [-0.05, 0) is 12.1 Å². The van der Waals surface area contributed by atoms with Gasteiger partial charge in [-0.3, -0.25) is 0 Å². The van der Waals surface area contributed by atoms with Gasteiger partial charge in [0.15, 0.2) is 6.10 Å². The van der Waals surface area contributed by atoms with Gasteiger partial charge in [0.05, 0.1) is 11.6 Å². The second-order valence-electron chi connectivity index (χ2n) is 2.57. The van der Waals surface area contributed by atoms with Crippen molar-refractivity contribution in [3.05, 3.63) is 35.1 Å². The molecule has 0 saturated carbocycles. The number of hydrogen-bond acceptors (Lipinski definition) is 3. The minimum absolute atomic E-state index is 0.110. The summed E-state index contributed by atoms with van der Waals surface area (Å²) in [6.07, 6.45) is -1.55. The van der Waals surface area contributed by atoms with E-state index in [0.29, 0.717) is 0 Å². The number of carbonyl (C=O) groups is 1. The summed E-state index contributed by atoms with van der Waals surface area (Å²) in [5, 5.41) is 26.1. The standard InChI is InChI=1S/C9H6FNO3/c10-5-1-2-6(8(12)4-11)7(3-5)9(13)14/h1-3,8,12H,(H,13,14). The summed E-state index contributed by atoms with van der Waals surface area (Å²) in [6, 6.07) is 4.29. The van der Waals surface area contributed by atoms with Gasteiger partial charge in [0.1, 0.15) is 5.82 Å². The Bertz CT molecular complexity index is 411. The average molecular weight is 195 g/mol.